The van der Waals surface area contributed by atoms with Gasteiger partial charge in [-0.1, -0.05) is 0 Å². The fourth-order valence-electron chi connectivity index (χ4n) is 1.07. The summed E-state index contributed by atoms with van der Waals surface area (Å²) in [5.74, 6) is -0.756. The molecule has 1 aromatic rings. The van der Waals surface area contributed by atoms with Crippen LogP contribution in [0.4, 0.5) is 19.1 Å². The minimum atomic E-state index is -4.63. The Morgan fingerprint density at radius 3 is 2.33 bits per heavy atom. The van der Waals surface area contributed by atoms with Gasteiger partial charge < -0.3 is 16.2 Å². The van der Waals surface area contributed by atoms with E-state index in [2.05, 4.69) is 14.7 Å². The third-order valence-electron chi connectivity index (χ3n) is 1.65. The summed E-state index contributed by atoms with van der Waals surface area (Å²) < 4.78 is 42.1. The highest BCUT2D eigenvalue weighted by Crippen LogP contribution is 2.33. The molecule has 0 aliphatic carbocycles. The van der Waals surface area contributed by atoms with Gasteiger partial charge in [0.05, 0.1) is 12.7 Å². The molecule has 0 atom stereocenters. The van der Waals surface area contributed by atoms with Crippen molar-refractivity contribution in [3.05, 3.63) is 11.3 Å². The second-order valence-corrected chi connectivity index (χ2v) is 2.62. The summed E-state index contributed by atoms with van der Waals surface area (Å²) in [6.07, 6.45) is -4.63. The molecule has 15 heavy (non-hydrogen) atoms. The van der Waals surface area contributed by atoms with Crippen molar-refractivity contribution in [2.75, 3.05) is 12.8 Å². The Labute approximate surface area is 83.3 Å². The maximum Gasteiger partial charge on any atom is 0.434 e. The minimum Gasteiger partial charge on any atom is -0.481 e. The molecule has 1 aromatic heterocycles. The SMILES string of the molecule is COc1nc(N)nc(C(F)(F)F)c1CN. The molecular formula is C7H9F3N4O. The molecule has 0 amide bonds. The topological polar surface area (TPSA) is 87.0 Å². The molecule has 0 fully saturated rings. The summed E-state index contributed by atoms with van der Waals surface area (Å²) in [6, 6.07) is 0. The van der Waals surface area contributed by atoms with Gasteiger partial charge in [0, 0.05) is 6.54 Å². The molecule has 0 unspecified atom stereocenters. The lowest BCUT2D eigenvalue weighted by molar-refractivity contribution is -0.141. The van der Waals surface area contributed by atoms with Crippen molar-refractivity contribution in [2.45, 2.75) is 12.7 Å². The van der Waals surface area contributed by atoms with Gasteiger partial charge in [0.25, 0.3) is 0 Å². The average Bonchev–Trinajstić information content (AvgIpc) is 2.15. The molecule has 1 rings (SSSR count). The van der Waals surface area contributed by atoms with Gasteiger partial charge in [0.1, 0.15) is 0 Å². The van der Waals surface area contributed by atoms with E-state index in [1.807, 2.05) is 0 Å². The van der Waals surface area contributed by atoms with Crippen LogP contribution in [-0.2, 0) is 12.7 Å². The van der Waals surface area contributed by atoms with Crippen LogP contribution in [0, 0.1) is 0 Å². The average molecular weight is 222 g/mol. The highest BCUT2D eigenvalue weighted by Gasteiger charge is 2.37. The zero-order valence-corrected chi connectivity index (χ0v) is 7.80. The van der Waals surface area contributed by atoms with Crippen LogP contribution in [-0.4, -0.2) is 17.1 Å². The molecule has 8 heteroatoms. The number of nitrogens with zero attached hydrogens (tertiary/aromatic N) is 2. The summed E-state index contributed by atoms with van der Waals surface area (Å²) in [5, 5.41) is 0. The minimum absolute atomic E-state index is 0.252. The molecule has 0 spiro atoms. The van der Waals surface area contributed by atoms with E-state index in [9.17, 15) is 13.2 Å². The Hall–Kier alpha value is -1.57. The van der Waals surface area contributed by atoms with Gasteiger partial charge in [0.15, 0.2) is 5.69 Å². The third kappa shape index (κ3) is 2.27. The molecule has 1 heterocycles. The van der Waals surface area contributed by atoms with Gasteiger partial charge in [-0.25, -0.2) is 4.98 Å². The standard InChI is InChI=1S/C7H9F3N4O/c1-15-5-3(2-11)4(7(8,9)10)13-6(12)14-5/h2,11H2,1H3,(H2,12,13,14). The Kier molecular flexibility index (Phi) is 2.98. The first-order valence-electron chi connectivity index (χ1n) is 3.87. The molecule has 0 aliphatic heterocycles. The van der Waals surface area contributed by atoms with E-state index in [0.717, 1.165) is 0 Å². The van der Waals surface area contributed by atoms with Crippen LogP contribution in [0.2, 0.25) is 0 Å². The van der Waals surface area contributed by atoms with Crippen LogP contribution in [0.5, 0.6) is 5.88 Å². The first-order valence-corrected chi connectivity index (χ1v) is 3.87. The molecule has 0 radical (unpaired) electrons. The van der Waals surface area contributed by atoms with Crippen molar-refractivity contribution >= 4 is 5.95 Å². The Morgan fingerprint density at radius 1 is 1.33 bits per heavy atom. The Balaban J connectivity index is 3.42. The van der Waals surface area contributed by atoms with Gasteiger partial charge >= 0.3 is 6.18 Å². The molecule has 84 valence electrons. The van der Waals surface area contributed by atoms with Gasteiger partial charge in [-0.05, 0) is 0 Å². The number of hydrogen-bond donors (Lipinski definition) is 2. The van der Waals surface area contributed by atoms with E-state index in [1.165, 1.54) is 7.11 Å². The predicted octanol–water partition coefficient (Wildman–Crippen LogP) is 0.545. The number of alkyl halides is 3. The lowest BCUT2D eigenvalue weighted by Gasteiger charge is -2.13. The van der Waals surface area contributed by atoms with E-state index < -0.39 is 17.8 Å². The second-order valence-electron chi connectivity index (χ2n) is 2.62. The van der Waals surface area contributed by atoms with Crippen molar-refractivity contribution in [2.24, 2.45) is 5.73 Å². The number of halogens is 3. The van der Waals surface area contributed by atoms with Crippen LogP contribution in [0.1, 0.15) is 11.3 Å². The van der Waals surface area contributed by atoms with Crippen LogP contribution in [0.15, 0.2) is 0 Å². The fourth-order valence-corrected chi connectivity index (χ4v) is 1.07. The van der Waals surface area contributed by atoms with Crippen molar-refractivity contribution in [1.29, 1.82) is 0 Å². The Morgan fingerprint density at radius 2 is 1.93 bits per heavy atom. The number of methoxy groups -OCH3 is 1. The van der Waals surface area contributed by atoms with Crippen molar-refractivity contribution in [3.8, 4) is 5.88 Å². The van der Waals surface area contributed by atoms with Crippen LogP contribution >= 0.6 is 0 Å². The van der Waals surface area contributed by atoms with Crippen molar-refractivity contribution in [1.82, 2.24) is 9.97 Å². The third-order valence-corrected chi connectivity index (χ3v) is 1.65. The molecular weight excluding hydrogens is 213 g/mol. The molecule has 5 nitrogen and oxygen atoms in total. The number of anilines is 1. The zero-order valence-electron chi connectivity index (χ0n) is 7.80. The molecule has 0 aromatic carbocycles. The summed E-state index contributed by atoms with van der Waals surface area (Å²) in [6.45, 7) is -0.377. The van der Waals surface area contributed by atoms with Crippen LogP contribution in [0.25, 0.3) is 0 Å². The van der Waals surface area contributed by atoms with Gasteiger partial charge in [-0.3, -0.25) is 0 Å². The zero-order chi connectivity index (χ0) is 11.6. The predicted molar refractivity (Wildman–Crippen MR) is 45.9 cm³/mol. The summed E-state index contributed by atoms with van der Waals surface area (Å²) in [5.41, 5.74) is 8.82. The maximum absolute atomic E-state index is 12.5. The number of nitrogens with two attached hydrogens (primary N) is 2. The molecule has 0 aliphatic rings. The number of nitrogen functional groups attached to an aromatic ring is 1. The van der Waals surface area contributed by atoms with Gasteiger partial charge in [-0.2, -0.15) is 18.2 Å². The van der Waals surface area contributed by atoms with E-state index in [4.69, 9.17) is 11.5 Å². The maximum atomic E-state index is 12.5. The van der Waals surface area contributed by atoms with E-state index >= 15 is 0 Å². The quantitative estimate of drug-likeness (QED) is 0.762. The highest BCUT2D eigenvalue weighted by atomic mass is 19.4. The van der Waals surface area contributed by atoms with Crippen LogP contribution < -0.4 is 16.2 Å². The van der Waals surface area contributed by atoms with Crippen molar-refractivity contribution < 1.29 is 17.9 Å². The molecule has 0 saturated heterocycles. The Bertz CT molecular complexity index is 366. The summed E-state index contributed by atoms with van der Waals surface area (Å²) >= 11 is 0. The number of rotatable bonds is 2. The largest absolute Gasteiger partial charge is 0.481 e. The van der Waals surface area contributed by atoms with E-state index in [0.29, 0.717) is 0 Å². The molecule has 4 N–H and O–H groups in total. The normalized spacial score (nSPS) is 11.5. The second kappa shape index (κ2) is 3.89. The summed E-state index contributed by atoms with van der Waals surface area (Å²) in [7, 11) is 1.18. The number of ether oxygens (including phenoxy) is 1. The van der Waals surface area contributed by atoms with E-state index in [-0.39, 0.29) is 18.0 Å². The molecule has 0 saturated carbocycles. The first-order chi connectivity index (χ1) is 6.90. The van der Waals surface area contributed by atoms with Gasteiger partial charge in [-0.15, -0.1) is 0 Å². The lowest BCUT2D eigenvalue weighted by atomic mass is 10.2. The monoisotopic (exact) mass is 222 g/mol. The lowest BCUT2D eigenvalue weighted by Crippen LogP contribution is -2.18. The van der Waals surface area contributed by atoms with Crippen molar-refractivity contribution in [3.63, 3.8) is 0 Å². The number of hydrogen-bond acceptors (Lipinski definition) is 5. The number of aromatic nitrogens is 2. The fraction of sp³-hybridized carbons (Fsp3) is 0.429. The van der Waals surface area contributed by atoms with Crippen LogP contribution in [0.3, 0.4) is 0 Å². The molecule has 0 bridgehead atoms. The van der Waals surface area contributed by atoms with Gasteiger partial charge in [0.2, 0.25) is 11.8 Å². The van der Waals surface area contributed by atoms with E-state index in [1.54, 1.807) is 0 Å². The smallest absolute Gasteiger partial charge is 0.434 e. The summed E-state index contributed by atoms with van der Waals surface area (Å²) in [4.78, 5) is 6.61. The first kappa shape index (κ1) is 11.5. The highest BCUT2D eigenvalue weighted by molar-refractivity contribution is 5.37.